The Bertz CT molecular complexity index is 433. The molecule has 0 aliphatic heterocycles. The van der Waals surface area contributed by atoms with Crippen LogP contribution in [0.1, 0.15) is 12.7 Å². The Morgan fingerprint density at radius 3 is 2.93 bits per heavy atom. The fourth-order valence-corrected chi connectivity index (χ4v) is 1.36. The number of fused-ring (bicyclic) bond motifs is 1. The van der Waals surface area contributed by atoms with Gasteiger partial charge in [-0.15, -0.1) is 0 Å². The van der Waals surface area contributed by atoms with Crippen LogP contribution in [0.5, 0.6) is 0 Å². The molecule has 14 heavy (non-hydrogen) atoms. The Morgan fingerprint density at radius 2 is 2.21 bits per heavy atom. The molecule has 2 nitrogen and oxygen atoms in total. The zero-order valence-electron chi connectivity index (χ0n) is 8.03. The summed E-state index contributed by atoms with van der Waals surface area (Å²) < 4.78 is 5.55. The number of aliphatic hydroxyl groups is 1. The van der Waals surface area contributed by atoms with E-state index in [0.717, 1.165) is 22.3 Å². The predicted molar refractivity (Wildman–Crippen MR) is 57.0 cm³/mol. The van der Waals surface area contributed by atoms with Gasteiger partial charge in [0.25, 0.3) is 0 Å². The molecule has 0 saturated heterocycles. The van der Waals surface area contributed by atoms with Crippen molar-refractivity contribution in [3.05, 3.63) is 41.7 Å². The molecule has 1 heterocycles. The fourth-order valence-electron chi connectivity index (χ4n) is 1.36. The SMILES string of the molecule is C/C(=C/c1cc2ccccc2o1)CO. The van der Waals surface area contributed by atoms with E-state index in [2.05, 4.69) is 0 Å². The Kier molecular flexibility index (Phi) is 2.37. The molecule has 0 radical (unpaired) electrons. The van der Waals surface area contributed by atoms with Gasteiger partial charge >= 0.3 is 0 Å². The topological polar surface area (TPSA) is 33.4 Å². The number of benzene rings is 1. The molecule has 0 aliphatic rings. The van der Waals surface area contributed by atoms with Crippen LogP contribution in [0.4, 0.5) is 0 Å². The second-order valence-corrected chi connectivity index (χ2v) is 3.34. The van der Waals surface area contributed by atoms with E-state index in [1.165, 1.54) is 0 Å². The molecule has 0 aliphatic carbocycles. The van der Waals surface area contributed by atoms with Crippen molar-refractivity contribution in [2.75, 3.05) is 6.61 Å². The van der Waals surface area contributed by atoms with E-state index in [1.807, 2.05) is 43.3 Å². The first-order valence-corrected chi connectivity index (χ1v) is 4.56. The fraction of sp³-hybridized carbons (Fsp3) is 0.167. The Balaban J connectivity index is 2.45. The lowest BCUT2D eigenvalue weighted by Crippen LogP contribution is -1.81. The molecule has 0 saturated carbocycles. The molecular weight excluding hydrogens is 176 g/mol. The van der Waals surface area contributed by atoms with Crippen molar-refractivity contribution in [3.8, 4) is 0 Å². The quantitative estimate of drug-likeness (QED) is 0.786. The zero-order chi connectivity index (χ0) is 9.97. The van der Waals surface area contributed by atoms with Gasteiger partial charge in [-0.05, 0) is 30.7 Å². The molecule has 0 fully saturated rings. The third-order valence-corrected chi connectivity index (χ3v) is 2.08. The third-order valence-electron chi connectivity index (χ3n) is 2.08. The van der Waals surface area contributed by atoms with Gasteiger partial charge in [0.1, 0.15) is 11.3 Å². The number of hydrogen-bond donors (Lipinski definition) is 1. The second-order valence-electron chi connectivity index (χ2n) is 3.34. The standard InChI is InChI=1S/C12H12O2/c1-9(8-13)6-11-7-10-4-2-3-5-12(10)14-11/h2-7,13H,8H2,1H3/b9-6-. The molecule has 2 aromatic rings. The van der Waals surface area contributed by atoms with Crippen molar-refractivity contribution in [3.63, 3.8) is 0 Å². The van der Waals surface area contributed by atoms with Crippen molar-refractivity contribution < 1.29 is 9.52 Å². The van der Waals surface area contributed by atoms with Gasteiger partial charge in [0.2, 0.25) is 0 Å². The average Bonchev–Trinajstić information content (AvgIpc) is 2.59. The lowest BCUT2D eigenvalue weighted by Gasteiger charge is -1.90. The molecule has 0 spiro atoms. The van der Waals surface area contributed by atoms with Gasteiger partial charge in [0.15, 0.2) is 0 Å². The van der Waals surface area contributed by atoms with Crippen LogP contribution in [-0.4, -0.2) is 11.7 Å². The molecule has 1 aromatic heterocycles. The smallest absolute Gasteiger partial charge is 0.134 e. The molecular formula is C12H12O2. The van der Waals surface area contributed by atoms with E-state index in [9.17, 15) is 0 Å². The Hall–Kier alpha value is -1.54. The minimum atomic E-state index is 0.0665. The predicted octanol–water partition coefficient (Wildman–Crippen LogP) is 2.83. The summed E-state index contributed by atoms with van der Waals surface area (Å²) in [7, 11) is 0. The molecule has 2 heteroatoms. The van der Waals surface area contributed by atoms with E-state index in [-0.39, 0.29) is 6.61 Å². The van der Waals surface area contributed by atoms with Crippen LogP contribution >= 0.6 is 0 Å². The number of para-hydroxylation sites is 1. The molecule has 0 amide bonds. The van der Waals surface area contributed by atoms with Crippen molar-refractivity contribution in [1.82, 2.24) is 0 Å². The monoisotopic (exact) mass is 188 g/mol. The summed E-state index contributed by atoms with van der Waals surface area (Å²) in [6.07, 6.45) is 1.85. The minimum absolute atomic E-state index is 0.0665. The number of aliphatic hydroxyl groups excluding tert-OH is 1. The lowest BCUT2D eigenvalue weighted by atomic mass is 10.2. The van der Waals surface area contributed by atoms with E-state index < -0.39 is 0 Å². The van der Waals surface area contributed by atoms with Gasteiger partial charge in [0.05, 0.1) is 6.61 Å². The summed E-state index contributed by atoms with van der Waals surface area (Å²) in [6.45, 7) is 1.93. The van der Waals surface area contributed by atoms with Crippen LogP contribution in [0.15, 0.2) is 40.3 Å². The summed E-state index contributed by atoms with van der Waals surface area (Å²) in [5.41, 5.74) is 1.77. The van der Waals surface area contributed by atoms with Crippen LogP contribution in [0, 0.1) is 0 Å². The first kappa shape index (κ1) is 9.03. The maximum absolute atomic E-state index is 8.86. The van der Waals surface area contributed by atoms with E-state index in [1.54, 1.807) is 0 Å². The third kappa shape index (κ3) is 1.70. The van der Waals surface area contributed by atoms with E-state index >= 15 is 0 Å². The van der Waals surface area contributed by atoms with Gasteiger partial charge in [-0.3, -0.25) is 0 Å². The first-order chi connectivity index (χ1) is 6.79. The van der Waals surface area contributed by atoms with Crippen LogP contribution in [0.2, 0.25) is 0 Å². The highest BCUT2D eigenvalue weighted by atomic mass is 16.3. The highest BCUT2D eigenvalue weighted by molar-refractivity contribution is 5.79. The summed E-state index contributed by atoms with van der Waals surface area (Å²) in [4.78, 5) is 0. The molecule has 2 rings (SSSR count). The Morgan fingerprint density at radius 1 is 1.43 bits per heavy atom. The van der Waals surface area contributed by atoms with Crippen LogP contribution < -0.4 is 0 Å². The molecule has 1 aromatic carbocycles. The molecule has 0 atom stereocenters. The highest BCUT2D eigenvalue weighted by Gasteiger charge is 1.99. The van der Waals surface area contributed by atoms with Gasteiger partial charge in [-0.2, -0.15) is 0 Å². The highest BCUT2D eigenvalue weighted by Crippen LogP contribution is 2.20. The van der Waals surface area contributed by atoms with E-state index in [0.29, 0.717) is 0 Å². The Labute approximate surface area is 82.5 Å². The summed E-state index contributed by atoms with van der Waals surface area (Å²) >= 11 is 0. The van der Waals surface area contributed by atoms with Crippen LogP contribution in [0.25, 0.3) is 17.0 Å². The molecule has 0 bridgehead atoms. The van der Waals surface area contributed by atoms with Crippen molar-refractivity contribution in [1.29, 1.82) is 0 Å². The normalized spacial score (nSPS) is 12.3. The molecule has 72 valence electrons. The lowest BCUT2D eigenvalue weighted by molar-refractivity contribution is 0.332. The number of furan rings is 1. The summed E-state index contributed by atoms with van der Waals surface area (Å²) in [5, 5.41) is 9.95. The van der Waals surface area contributed by atoms with Gasteiger partial charge < -0.3 is 9.52 Å². The molecule has 1 N–H and O–H groups in total. The maximum Gasteiger partial charge on any atom is 0.134 e. The van der Waals surface area contributed by atoms with Gasteiger partial charge in [-0.1, -0.05) is 18.2 Å². The first-order valence-electron chi connectivity index (χ1n) is 4.56. The van der Waals surface area contributed by atoms with Crippen molar-refractivity contribution >= 4 is 17.0 Å². The summed E-state index contributed by atoms with van der Waals surface area (Å²) in [6, 6.07) is 9.82. The van der Waals surface area contributed by atoms with Gasteiger partial charge in [0, 0.05) is 5.39 Å². The minimum Gasteiger partial charge on any atom is -0.457 e. The zero-order valence-corrected chi connectivity index (χ0v) is 8.03. The largest absolute Gasteiger partial charge is 0.457 e. The van der Waals surface area contributed by atoms with Crippen molar-refractivity contribution in [2.24, 2.45) is 0 Å². The number of hydrogen-bond acceptors (Lipinski definition) is 2. The van der Waals surface area contributed by atoms with Crippen molar-refractivity contribution in [2.45, 2.75) is 6.92 Å². The van der Waals surface area contributed by atoms with Gasteiger partial charge in [-0.25, -0.2) is 0 Å². The van der Waals surface area contributed by atoms with Crippen LogP contribution in [0.3, 0.4) is 0 Å². The number of rotatable bonds is 2. The van der Waals surface area contributed by atoms with E-state index in [4.69, 9.17) is 9.52 Å². The maximum atomic E-state index is 8.86. The molecule has 0 unspecified atom stereocenters. The second kappa shape index (κ2) is 3.68. The van der Waals surface area contributed by atoms with Crippen LogP contribution in [-0.2, 0) is 0 Å². The average molecular weight is 188 g/mol. The summed E-state index contributed by atoms with van der Waals surface area (Å²) in [5.74, 6) is 0.790.